The van der Waals surface area contributed by atoms with Crippen LogP contribution in [0.25, 0.3) is 0 Å². The maximum atomic E-state index is 3.21. The predicted molar refractivity (Wildman–Crippen MR) is 57.2 cm³/mol. The Balaban J connectivity index is 2.23. The van der Waals surface area contributed by atoms with E-state index in [0.717, 1.165) is 19.4 Å². The number of hydrogen-bond acceptors (Lipinski definition) is 1. The van der Waals surface area contributed by atoms with Gasteiger partial charge in [-0.1, -0.05) is 23.5 Å². The Kier molecular flexibility index (Phi) is 4.64. The van der Waals surface area contributed by atoms with E-state index in [-0.39, 0.29) is 0 Å². The molecular formula is C12H18N. The first-order valence-electron chi connectivity index (χ1n) is 4.89. The van der Waals surface area contributed by atoms with Gasteiger partial charge < -0.3 is 0 Å². The van der Waals surface area contributed by atoms with Crippen molar-refractivity contribution in [2.24, 2.45) is 0 Å². The Bertz CT molecular complexity index is 227. The van der Waals surface area contributed by atoms with Crippen molar-refractivity contribution in [2.45, 2.75) is 25.7 Å². The van der Waals surface area contributed by atoms with E-state index < -0.39 is 0 Å². The molecule has 1 radical (unpaired) electrons. The van der Waals surface area contributed by atoms with Crippen LogP contribution in [-0.4, -0.2) is 25.5 Å². The van der Waals surface area contributed by atoms with Crippen LogP contribution in [0.3, 0.4) is 0 Å². The minimum Gasteiger partial charge on any atom is -0.299 e. The second-order valence-electron chi connectivity index (χ2n) is 3.69. The smallest absolute Gasteiger partial charge is 0.0596 e. The zero-order valence-corrected chi connectivity index (χ0v) is 8.64. The van der Waals surface area contributed by atoms with Crippen molar-refractivity contribution >= 4 is 0 Å². The molecule has 0 saturated heterocycles. The summed E-state index contributed by atoms with van der Waals surface area (Å²) >= 11 is 0. The summed E-state index contributed by atoms with van der Waals surface area (Å²) in [5.41, 5.74) is 1.52. The molecule has 1 nitrogen and oxygen atoms in total. The van der Waals surface area contributed by atoms with Crippen molar-refractivity contribution in [3.8, 4) is 11.8 Å². The largest absolute Gasteiger partial charge is 0.299 e. The SMILES string of the molecule is CN(C)CC#CCC1=CC[CH]CC1. The fourth-order valence-corrected chi connectivity index (χ4v) is 1.31. The van der Waals surface area contributed by atoms with E-state index >= 15 is 0 Å². The summed E-state index contributed by atoms with van der Waals surface area (Å²) < 4.78 is 0. The lowest BCUT2D eigenvalue weighted by molar-refractivity contribution is 0.463. The van der Waals surface area contributed by atoms with Gasteiger partial charge in [-0.2, -0.15) is 0 Å². The summed E-state index contributed by atoms with van der Waals surface area (Å²) in [5, 5.41) is 0. The number of hydrogen-bond donors (Lipinski definition) is 0. The Morgan fingerprint density at radius 2 is 2.23 bits per heavy atom. The Morgan fingerprint density at radius 3 is 2.85 bits per heavy atom. The molecule has 1 heteroatoms. The second-order valence-corrected chi connectivity index (χ2v) is 3.69. The summed E-state index contributed by atoms with van der Waals surface area (Å²) in [7, 11) is 4.09. The van der Waals surface area contributed by atoms with Crippen molar-refractivity contribution < 1.29 is 0 Å². The molecule has 1 aliphatic carbocycles. The fraction of sp³-hybridized carbons (Fsp3) is 0.583. The number of rotatable bonds is 2. The van der Waals surface area contributed by atoms with Crippen LogP contribution in [0.15, 0.2) is 11.6 Å². The van der Waals surface area contributed by atoms with Crippen LogP contribution in [0.2, 0.25) is 0 Å². The molecule has 1 aliphatic rings. The predicted octanol–water partition coefficient (Wildman–Crippen LogP) is 2.26. The lowest BCUT2D eigenvalue weighted by atomic mass is 9.97. The van der Waals surface area contributed by atoms with Crippen LogP contribution in [0, 0.1) is 18.3 Å². The van der Waals surface area contributed by atoms with Gasteiger partial charge in [0.1, 0.15) is 0 Å². The quantitative estimate of drug-likeness (QED) is 0.461. The minimum atomic E-state index is 0.874. The summed E-state index contributed by atoms with van der Waals surface area (Å²) in [6, 6.07) is 0. The van der Waals surface area contributed by atoms with Crippen LogP contribution in [0.1, 0.15) is 25.7 Å². The molecule has 0 bridgehead atoms. The molecule has 71 valence electrons. The molecule has 0 heterocycles. The highest BCUT2D eigenvalue weighted by atomic mass is 15.0. The first-order chi connectivity index (χ1) is 6.29. The highest BCUT2D eigenvalue weighted by molar-refractivity contribution is 5.17. The first kappa shape index (κ1) is 10.3. The summed E-state index contributed by atoms with van der Waals surface area (Å²) in [6.07, 6.45) is 9.22. The Hall–Kier alpha value is -0.740. The van der Waals surface area contributed by atoms with E-state index in [2.05, 4.69) is 29.2 Å². The van der Waals surface area contributed by atoms with Crippen LogP contribution in [0.5, 0.6) is 0 Å². The summed E-state index contributed by atoms with van der Waals surface area (Å²) in [6.45, 7) is 0.874. The van der Waals surface area contributed by atoms with Gasteiger partial charge in [0.25, 0.3) is 0 Å². The van der Waals surface area contributed by atoms with E-state index in [1.54, 1.807) is 0 Å². The van der Waals surface area contributed by atoms with Gasteiger partial charge in [-0.15, -0.1) is 0 Å². The zero-order valence-electron chi connectivity index (χ0n) is 8.64. The molecule has 0 atom stereocenters. The Labute approximate surface area is 81.8 Å². The molecule has 0 spiro atoms. The lowest BCUT2D eigenvalue weighted by Crippen LogP contribution is -2.10. The summed E-state index contributed by atoms with van der Waals surface area (Å²) in [4.78, 5) is 2.09. The second kappa shape index (κ2) is 5.83. The molecule has 0 aromatic carbocycles. The summed E-state index contributed by atoms with van der Waals surface area (Å²) in [5.74, 6) is 6.37. The van der Waals surface area contributed by atoms with Crippen LogP contribution in [0.4, 0.5) is 0 Å². The van der Waals surface area contributed by atoms with E-state index in [0.29, 0.717) is 0 Å². The maximum absolute atomic E-state index is 3.21. The van der Waals surface area contributed by atoms with E-state index in [1.807, 2.05) is 14.1 Å². The highest BCUT2D eigenvalue weighted by Crippen LogP contribution is 2.18. The van der Waals surface area contributed by atoms with Crippen LogP contribution >= 0.6 is 0 Å². The third-order valence-electron chi connectivity index (χ3n) is 2.08. The average Bonchev–Trinajstić information content (AvgIpc) is 2.14. The van der Waals surface area contributed by atoms with Crippen molar-refractivity contribution in [3.05, 3.63) is 18.1 Å². The van der Waals surface area contributed by atoms with Crippen LogP contribution < -0.4 is 0 Å². The average molecular weight is 176 g/mol. The van der Waals surface area contributed by atoms with E-state index in [4.69, 9.17) is 0 Å². The molecule has 1 rings (SSSR count). The topological polar surface area (TPSA) is 3.24 Å². The van der Waals surface area contributed by atoms with E-state index in [9.17, 15) is 0 Å². The van der Waals surface area contributed by atoms with Crippen molar-refractivity contribution in [2.75, 3.05) is 20.6 Å². The van der Waals surface area contributed by atoms with Crippen molar-refractivity contribution in [3.63, 3.8) is 0 Å². The third kappa shape index (κ3) is 4.75. The molecule has 0 unspecified atom stereocenters. The first-order valence-corrected chi connectivity index (χ1v) is 4.89. The molecule has 0 aliphatic heterocycles. The highest BCUT2D eigenvalue weighted by Gasteiger charge is 2.00. The van der Waals surface area contributed by atoms with E-state index in [1.165, 1.54) is 18.4 Å². The number of nitrogens with zero attached hydrogens (tertiary/aromatic N) is 1. The maximum Gasteiger partial charge on any atom is 0.0596 e. The zero-order chi connectivity index (χ0) is 9.52. The van der Waals surface area contributed by atoms with Gasteiger partial charge in [-0.25, -0.2) is 0 Å². The fourth-order valence-electron chi connectivity index (χ4n) is 1.31. The molecule has 0 amide bonds. The monoisotopic (exact) mass is 176 g/mol. The lowest BCUT2D eigenvalue weighted by Gasteiger charge is -2.08. The van der Waals surface area contributed by atoms with Gasteiger partial charge in [0.2, 0.25) is 0 Å². The van der Waals surface area contributed by atoms with Gasteiger partial charge in [0.05, 0.1) is 6.54 Å². The Morgan fingerprint density at radius 1 is 1.38 bits per heavy atom. The molecule has 0 fully saturated rings. The standard InChI is InChI=1S/C12H18N/c1-13(2)11-7-6-10-12-8-4-3-5-9-12/h3,8H,4-5,9-11H2,1-2H3. The molecule has 0 aromatic heterocycles. The molecule has 0 aromatic rings. The van der Waals surface area contributed by atoms with Gasteiger partial charge in [-0.3, -0.25) is 4.90 Å². The molecule has 13 heavy (non-hydrogen) atoms. The normalized spacial score (nSPS) is 16.4. The van der Waals surface area contributed by atoms with Gasteiger partial charge >= 0.3 is 0 Å². The number of allylic oxidation sites excluding steroid dienone is 2. The molecule has 0 N–H and O–H groups in total. The molecule has 0 saturated carbocycles. The van der Waals surface area contributed by atoms with Crippen LogP contribution in [-0.2, 0) is 0 Å². The molecular weight excluding hydrogens is 158 g/mol. The van der Waals surface area contributed by atoms with Crippen molar-refractivity contribution in [1.29, 1.82) is 0 Å². The third-order valence-corrected chi connectivity index (χ3v) is 2.08. The van der Waals surface area contributed by atoms with Gasteiger partial charge in [0, 0.05) is 6.42 Å². The van der Waals surface area contributed by atoms with Gasteiger partial charge in [0.15, 0.2) is 0 Å². The van der Waals surface area contributed by atoms with Crippen molar-refractivity contribution in [1.82, 2.24) is 4.90 Å². The van der Waals surface area contributed by atoms with Gasteiger partial charge in [-0.05, 0) is 39.8 Å². The minimum absolute atomic E-state index is 0.874.